The molecule has 1 aliphatic rings. The van der Waals surface area contributed by atoms with Gasteiger partial charge in [0.15, 0.2) is 0 Å². The predicted octanol–water partition coefficient (Wildman–Crippen LogP) is 2.98. The molecule has 1 aromatic rings. The lowest BCUT2D eigenvalue weighted by molar-refractivity contribution is -0.00202. The first kappa shape index (κ1) is 13.7. The number of carbonyl (C=O) groups excluding carboxylic acids is 1. The Hall–Kier alpha value is -0.770. The number of aliphatic hydroxyl groups is 1. The number of carbonyl (C=O) groups is 1. The maximum atomic E-state index is 12.2. The first-order valence-electron chi connectivity index (χ1n) is 5.85. The second-order valence-corrected chi connectivity index (χ2v) is 5.82. The molecule has 1 saturated heterocycles. The third kappa shape index (κ3) is 3.16. The summed E-state index contributed by atoms with van der Waals surface area (Å²) in [6.45, 7) is 2.90. The number of rotatable bonds is 1. The molecule has 5 heteroatoms. The minimum atomic E-state index is -0.664. The summed E-state index contributed by atoms with van der Waals surface area (Å²) in [5, 5.41) is 10.8. The zero-order valence-electron chi connectivity index (χ0n) is 10.1. The van der Waals surface area contributed by atoms with Gasteiger partial charge in [0.25, 0.3) is 5.91 Å². The van der Waals surface area contributed by atoms with Gasteiger partial charge in [0.2, 0.25) is 0 Å². The first-order valence-corrected chi connectivity index (χ1v) is 6.61. The maximum Gasteiger partial charge on any atom is 0.253 e. The molecule has 2 rings (SSSR count). The number of amides is 1. The van der Waals surface area contributed by atoms with E-state index in [1.54, 1.807) is 30.0 Å². The van der Waals surface area contributed by atoms with Gasteiger partial charge in [0.05, 0.1) is 5.60 Å². The summed E-state index contributed by atoms with van der Waals surface area (Å²) in [6, 6.07) is 4.83. The van der Waals surface area contributed by atoms with Crippen molar-refractivity contribution in [3.05, 3.63) is 33.8 Å². The van der Waals surface area contributed by atoms with E-state index in [0.717, 1.165) is 0 Å². The Kier molecular flexibility index (Phi) is 3.85. The molecule has 1 amide bonds. The van der Waals surface area contributed by atoms with Crippen LogP contribution in [-0.4, -0.2) is 34.6 Å². The van der Waals surface area contributed by atoms with Crippen LogP contribution in [0.4, 0.5) is 0 Å². The van der Waals surface area contributed by atoms with Gasteiger partial charge in [-0.3, -0.25) is 4.79 Å². The van der Waals surface area contributed by atoms with E-state index in [1.807, 2.05) is 0 Å². The fourth-order valence-corrected chi connectivity index (χ4v) is 2.58. The third-order valence-corrected chi connectivity index (χ3v) is 3.67. The zero-order chi connectivity index (χ0) is 13.3. The van der Waals surface area contributed by atoms with Crippen LogP contribution in [-0.2, 0) is 0 Å². The molecule has 1 aromatic carbocycles. The van der Waals surface area contributed by atoms with Gasteiger partial charge in [0.1, 0.15) is 0 Å². The van der Waals surface area contributed by atoms with Gasteiger partial charge in [-0.05, 0) is 38.0 Å². The molecule has 3 nitrogen and oxygen atoms in total. The molecule has 1 aliphatic heterocycles. The number of piperidine rings is 1. The summed E-state index contributed by atoms with van der Waals surface area (Å²) in [5.74, 6) is -0.0881. The molecular weight excluding hydrogens is 273 g/mol. The Morgan fingerprint density at radius 3 is 2.22 bits per heavy atom. The number of halogens is 2. The smallest absolute Gasteiger partial charge is 0.253 e. The van der Waals surface area contributed by atoms with Crippen LogP contribution in [0.2, 0.25) is 10.0 Å². The van der Waals surface area contributed by atoms with Crippen LogP contribution in [0.3, 0.4) is 0 Å². The summed E-state index contributed by atoms with van der Waals surface area (Å²) in [6.07, 6.45) is 1.18. The van der Waals surface area contributed by atoms with E-state index in [0.29, 0.717) is 41.5 Å². The van der Waals surface area contributed by atoms with E-state index in [2.05, 4.69) is 0 Å². The number of likely N-dealkylation sites (tertiary alicyclic amines) is 1. The van der Waals surface area contributed by atoms with E-state index < -0.39 is 5.60 Å². The van der Waals surface area contributed by atoms with Gasteiger partial charge >= 0.3 is 0 Å². The van der Waals surface area contributed by atoms with Crippen molar-refractivity contribution in [3.8, 4) is 0 Å². The van der Waals surface area contributed by atoms with Crippen LogP contribution in [0.5, 0.6) is 0 Å². The second kappa shape index (κ2) is 5.08. The number of hydrogen-bond donors (Lipinski definition) is 1. The van der Waals surface area contributed by atoms with E-state index in [1.165, 1.54) is 0 Å². The average molecular weight is 288 g/mol. The number of hydrogen-bond acceptors (Lipinski definition) is 2. The van der Waals surface area contributed by atoms with Crippen molar-refractivity contribution in [1.29, 1.82) is 0 Å². The van der Waals surface area contributed by atoms with Crippen molar-refractivity contribution < 1.29 is 9.90 Å². The van der Waals surface area contributed by atoms with Crippen molar-refractivity contribution >= 4 is 29.1 Å². The zero-order valence-corrected chi connectivity index (χ0v) is 11.6. The van der Waals surface area contributed by atoms with Crippen molar-refractivity contribution in [2.75, 3.05) is 13.1 Å². The van der Waals surface area contributed by atoms with E-state index in [-0.39, 0.29) is 5.91 Å². The average Bonchev–Trinajstić information content (AvgIpc) is 2.27. The summed E-state index contributed by atoms with van der Waals surface area (Å²) in [5.41, 5.74) is -0.169. The largest absolute Gasteiger partial charge is 0.390 e. The summed E-state index contributed by atoms with van der Waals surface area (Å²) >= 11 is 11.8. The van der Waals surface area contributed by atoms with Crippen molar-refractivity contribution in [2.24, 2.45) is 0 Å². The SMILES string of the molecule is CC1(O)CCN(C(=O)c2cc(Cl)cc(Cl)c2)CC1. The normalized spacial score (nSPS) is 18.8. The number of nitrogens with zero attached hydrogens (tertiary/aromatic N) is 1. The van der Waals surface area contributed by atoms with Crippen LogP contribution >= 0.6 is 23.2 Å². The van der Waals surface area contributed by atoms with Crippen LogP contribution in [0.1, 0.15) is 30.1 Å². The van der Waals surface area contributed by atoms with Crippen LogP contribution < -0.4 is 0 Å². The summed E-state index contributed by atoms with van der Waals surface area (Å²) in [4.78, 5) is 14.0. The Morgan fingerprint density at radius 2 is 1.72 bits per heavy atom. The maximum absolute atomic E-state index is 12.2. The van der Waals surface area contributed by atoms with Gasteiger partial charge in [-0.25, -0.2) is 0 Å². The van der Waals surface area contributed by atoms with Gasteiger partial charge < -0.3 is 10.0 Å². The van der Waals surface area contributed by atoms with E-state index >= 15 is 0 Å². The molecule has 0 radical (unpaired) electrons. The third-order valence-electron chi connectivity index (χ3n) is 3.24. The number of benzene rings is 1. The fourth-order valence-electron chi connectivity index (χ4n) is 2.05. The lowest BCUT2D eigenvalue weighted by Crippen LogP contribution is -2.45. The Balaban J connectivity index is 2.12. The topological polar surface area (TPSA) is 40.5 Å². The molecule has 0 unspecified atom stereocenters. The Bertz CT molecular complexity index is 444. The van der Waals surface area contributed by atoms with Gasteiger partial charge in [-0.1, -0.05) is 23.2 Å². The molecular formula is C13H15Cl2NO2. The predicted molar refractivity (Wildman–Crippen MR) is 72.2 cm³/mol. The van der Waals surface area contributed by atoms with E-state index in [9.17, 15) is 9.90 Å². The fraction of sp³-hybridized carbons (Fsp3) is 0.462. The monoisotopic (exact) mass is 287 g/mol. The molecule has 1 N–H and O–H groups in total. The quantitative estimate of drug-likeness (QED) is 0.863. The first-order chi connectivity index (χ1) is 8.37. The van der Waals surface area contributed by atoms with Crippen molar-refractivity contribution in [1.82, 2.24) is 4.90 Å². The molecule has 1 fully saturated rings. The molecule has 0 aromatic heterocycles. The minimum absolute atomic E-state index is 0.0881. The highest BCUT2D eigenvalue weighted by atomic mass is 35.5. The van der Waals surface area contributed by atoms with Gasteiger partial charge in [0, 0.05) is 28.7 Å². The highest BCUT2D eigenvalue weighted by Crippen LogP contribution is 2.24. The highest BCUT2D eigenvalue weighted by molar-refractivity contribution is 6.35. The summed E-state index contributed by atoms with van der Waals surface area (Å²) < 4.78 is 0. The Labute approximate surface area is 116 Å². The lowest BCUT2D eigenvalue weighted by Gasteiger charge is -2.35. The van der Waals surface area contributed by atoms with E-state index in [4.69, 9.17) is 23.2 Å². The van der Waals surface area contributed by atoms with Gasteiger partial charge in [-0.2, -0.15) is 0 Å². The van der Waals surface area contributed by atoms with Gasteiger partial charge in [-0.15, -0.1) is 0 Å². The molecule has 98 valence electrons. The van der Waals surface area contributed by atoms with Crippen LogP contribution in [0.25, 0.3) is 0 Å². The minimum Gasteiger partial charge on any atom is -0.390 e. The molecule has 0 bridgehead atoms. The second-order valence-electron chi connectivity index (χ2n) is 4.95. The highest BCUT2D eigenvalue weighted by Gasteiger charge is 2.30. The molecule has 1 heterocycles. The summed E-state index contributed by atoms with van der Waals surface area (Å²) in [7, 11) is 0. The standard InChI is InChI=1S/C13H15Cl2NO2/c1-13(18)2-4-16(5-3-13)12(17)9-6-10(14)8-11(15)7-9/h6-8,18H,2-5H2,1H3. The lowest BCUT2D eigenvalue weighted by atomic mass is 9.93. The van der Waals surface area contributed by atoms with Crippen molar-refractivity contribution in [3.63, 3.8) is 0 Å². The van der Waals surface area contributed by atoms with Crippen molar-refractivity contribution in [2.45, 2.75) is 25.4 Å². The molecule has 0 spiro atoms. The molecule has 0 atom stereocenters. The molecule has 18 heavy (non-hydrogen) atoms. The van der Waals surface area contributed by atoms with Crippen LogP contribution in [0.15, 0.2) is 18.2 Å². The molecule has 0 saturated carbocycles. The van der Waals surface area contributed by atoms with Crippen LogP contribution in [0, 0.1) is 0 Å². The Morgan fingerprint density at radius 1 is 1.22 bits per heavy atom. The molecule has 0 aliphatic carbocycles.